The molecule has 0 N–H and O–H groups in total. The zero-order valence-corrected chi connectivity index (χ0v) is 17.8. The number of hydrogen-bond acceptors (Lipinski definition) is 2. The van der Waals surface area contributed by atoms with Crippen molar-refractivity contribution in [3.63, 3.8) is 0 Å². The number of likely N-dealkylation sites (tertiary alicyclic amines) is 2. The van der Waals surface area contributed by atoms with Gasteiger partial charge in [-0.2, -0.15) is 0 Å². The topological polar surface area (TPSA) is 23.6 Å². The summed E-state index contributed by atoms with van der Waals surface area (Å²) in [4.78, 5) is 17.6. The van der Waals surface area contributed by atoms with E-state index in [1.165, 1.54) is 18.2 Å². The van der Waals surface area contributed by atoms with Crippen LogP contribution in [-0.4, -0.2) is 41.4 Å². The molecule has 0 unspecified atom stereocenters. The fourth-order valence-corrected chi connectivity index (χ4v) is 5.36. The van der Waals surface area contributed by atoms with Crippen LogP contribution in [0.15, 0.2) is 78.9 Å². The highest BCUT2D eigenvalue weighted by Gasteiger charge is 2.47. The summed E-state index contributed by atoms with van der Waals surface area (Å²) in [5.74, 6) is -0.0551. The Kier molecular flexibility index (Phi) is 5.75. The van der Waals surface area contributed by atoms with Gasteiger partial charge in [0.25, 0.3) is 5.91 Å². The van der Waals surface area contributed by atoms with Gasteiger partial charge in [-0.25, -0.2) is 8.78 Å². The quantitative estimate of drug-likeness (QED) is 0.573. The highest BCUT2D eigenvalue weighted by Crippen LogP contribution is 2.42. The van der Waals surface area contributed by atoms with E-state index in [4.69, 9.17) is 0 Å². The lowest BCUT2D eigenvalue weighted by atomic mass is 9.81. The number of fused-ring (bicyclic) bond motifs is 1. The van der Waals surface area contributed by atoms with E-state index in [-0.39, 0.29) is 35.4 Å². The van der Waals surface area contributed by atoms with E-state index in [0.717, 1.165) is 25.1 Å². The van der Waals surface area contributed by atoms with Crippen molar-refractivity contribution in [1.82, 2.24) is 9.80 Å². The molecule has 0 bridgehead atoms. The van der Waals surface area contributed by atoms with Gasteiger partial charge in [0.15, 0.2) is 0 Å². The molecule has 32 heavy (non-hydrogen) atoms. The van der Waals surface area contributed by atoms with Crippen molar-refractivity contribution < 1.29 is 13.6 Å². The van der Waals surface area contributed by atoms with Gasteiger partial charge in [-0.3, -0.25) is 9.69 Å². The number of benzene rings is 3. The SMILES string of the molecule is O=C(c1ccccc1)N1C[C@H](c2ccc(F)cc2)[C@H]2CN(Cc3ccccc3F)CC[C@H]21. The second-order valence-electron chi connectivity index (χ2n) is 8.83. The molecule has 2 aliphatic rings. The number of rotatable bonds is 4. The first kappa shape index (κ1) is 20.8. The third kappa shape index (κ3) is 4.05. The van der Waals surface area contributed by atoms with Gasteiger partial charge < -0.3 is 4.90 Å². The van der Waals surface area contributed by atoms with Crippen LogP contribution in [0, 0.1) is 17.6 Å². The fraction of sp³-hybridized carbons (Fsp3) is 0.296. The second-order valence-corrected chi connectivity index (χ2v) is 8.83. The summed E-state index contributed by atoms with van der Waals surface area (Å²) in [7, 11) is 0. The normalized spacial score (nSPS) is 23.2. The molecule has 3 aromatic rings. The Morgan fingerprint density at radius 3 is 2.34 bits per heavy atom. The minimum Gasteiger partial charge on any atom is -0.335 e. The van der Waals surface area contributed by atoms with Crippen molar-refractivity contribution in [2.45, 2.75) is 24.9 Å². The average molecular weight is 433 g/mol. The van der Waals surface area contributed by atoms with E-state index >= 15 is 0 Å². The van der Waals surface area contributed by atoms with E-state index in [0.29, 0.717) is 24.2 Å². The smallest absolute Gasteiger partial charge is 0.254 e. The molecule has 2 saturated heterocycles. The Bertz CT molecular complexity index is 1090. The van der Waals surface area contributed by atoms with Crippen LogP contribution >= 0.6 is 0 Å². The maximum Gasteiger partial charge on any atom is 0.254 e. The molecular weight excluding hydrogens is 406 g/mol. The fourth-order valence-electron chi connectivity index (χ4n) is 5.36. The molecule has 0 aromatic heterocycles. The van der Waals surface area contributed by atoms with Crippen LogP contribution < -0.4 is 0 Å². The van der Waals surface area contributed by atoms with Crippen LogP contribution in [0.5, 0.6) is 0 Å². The maximum atomic E-state index is 14.2. The molecule has 2 aliphatic heterocycles. The van der Waals surface area contributed by atoms with Crippen molar-refractivity contribution in [2.24, 2.45) is 5.92 Å². The molecule has 2 fully saturated rings. The monoisotopic (exact) mass is 432 g/mol. The number of halogens is 2. The third-order valence-corrected chi connectivity index (χ3v) is 6.95. The van der Waals surface area contributed by atoms with Crippen LogP contribution in [0.4, 0.5) is 8.78 Å². The molecule has 0 spiro atoms. The van der Waals surface area contributed by atoms with E-state index in [1.54, 1.807) is 6.07 Å². The van der Waals surface area contributed by atoms with Crippen LogP contribution in [0.3, 0.4) is 0 Å². The van der Waals surface area contributed by atoms with Crippen molar-refractivity contribution in [3.8, 4) is 0 Å². The van der Waals surface area contributed by atoms with Gasteiger partial charge in [0, 0.05) is 55.2 Å². The lowest BCUT2D eigenvalue weighted by molar-refractivity contribution is 0.0613. The van der Waals surface area contributed by atoms with E-state index < -0.39 is 0 Å². The average Bonchev–Trinajstić information content (AvgIpc) is 3.20. The van der Waals surface area contributed by atoms with Gasteiger partial charge in [-0.15, -0.1) is 0 Å². The molecule has 1 amide bonds. The van der Waals surface area contributed by atoms with Gasteiger partial charge in [-0.05, 0) is 42.3 Å². The zero-order chi connectivity index (χ0) is 22.1. The number of piperidine rings is 1. The first-order valence-electron chi connectivity index (χ1n) is 11.2. The Balaban J connectivity index is 1.42. The van der Waals surface area contributed by atoms with Crippen molar-refractivity contribution >= 4 is 5.91 Å². The minimum atomic E-state index is -0.259. The minimum absolute atomic E-state index is 0.0489. The summed E-state index contributed by atoms with van der Waals surface area (Å²) < 4.78 is 27.8. The summed E-state index contributed by atoms with van der Waals surface area (Å²) in [5.41, 5.74) is 2.44. The number of hydrogen-bond donors (Lipinski definition) is 0. The molecule has 0 saturated carbocycles. The summed E-state index contributed by atoms with van der Waals surface area (Å²) in [6.07, 6.45) is 0.843. The molecule has 3 nitrogen and oxygen atoms in total. The van der Waals surface area contributed by atoms with Gasteiger partial charge in [0.1, 0.15) is 11.6 Å². The molecule has 3 aromatic carbocycles. The molecule has 164 valence electrons. The molecular formula is C27H26F2N2O. The predicted molar refractivity (Wildman–Crippen MR) is 120 cm³/mol. The lowest BCUT2D eigenvalue weighted by Gasteiger charge is -2.39. The Morgan fingerprint density at radius 2 is 1.59 bits per heavy atom. The van der Waals surface area contributed by atoms with Gasteiger partial charge in [-0.1, -0.05) is 48.5 Å². The predicted octanol–water partition coefficient (Wildman–Crippen LogP) is 5.10. The van der Waals surface area contributed by atoms with Crippen molar-refractivity contribution in [2.75, 3.05) is 19.6 Å². The van der Waals surface area contributed by atoms with Crippen molar-refractivity contribution in [1.29, 1.82) is 0 Å². The van der Waals surface area contributed by atoms with Crippen molar-refractivity contribution in [3.05, 3.63) is 107 Å². The molecule has 5 heteroatoms. The number of carbonyl (C=O) groups is 1. The molecule has 2 heterocycles. The van der Waals surface area contributed by atoms with E-state index in [9.17, 15) is 13.6 Å². The Hall–Kier alpha value is -3.05. The first-order chi connectivity index (χ1) is 15.6. The third-order valence-electron chi connectivity index (χ3n) is 6.95. The lowest BCUT2D eigenvalue weighted by Crippen LogP contribution is -2.47. The zero-order valence-electron chi connectivity index (χ0n) is 17.8. The van der Waals surface area contributed by atoms with Gasteiger partial charge in [0.05, 0.1) is 0 Å². The largest absolute Gasteiger partial charge is 0.335 e. The van der Waals surface area contributed by atoms with E-state index in [2.05, 4.69) is 4.90 Å². The Morgan fingerprint density at radius 1 is 0.875 bits per heavy atom. The number of carbonyl (C=O) groups excluding carboxylic acids is 1. The second kappa shape index (κ2) is 8.83. The summed E-state index contributed by atoms with van der Waals surface area (Å²) in [6.45, 7) is 2.75. The number of amides is 1. The van der Waals surface area contributed by atoms with Gasteiger partial charge >= 0.3 is 0 Å². The van der Waals surface area contributed by atoms with Gasteiger partial charge in [0.2, 0.25) is 0 Å². The van der Waals surface area contributed by atoms with Crippen LogP contribution in [0.1, 0.15) is 33.8 Å². The molecule has 0 aliphatic carbocycles. The Labute approximate surface area is 187 Å². The number of nitrogens with zero attached hydrogens (tertiary/aromatic N) is 2. The molecule has 5 rings (SSSR count). The maximum absolute atomic E-state index is 14.2. The standard InChI is InChI=1S/C27H26F2N2O/c28-22-12-10-19(11-13-22)23-18-31(27(32)20-6-2-1-3-7-20)26-14-15-30(17-24(23)26)16-21-8-4-5-9-25(21)29/h1-13,23-24,26H,14-18H2/t23-,24-,26-/m1/s1. The molecule has 0 radical (unpaired) electrons. The summed E-state index contributed by atoms with van der Waals surface area (Å²) >= 11 is 0. The highest BCUT2D eigenvalue weighted by molar-refractivity contribution is 5.94. The highest BCUT2D eigenvalue weighted by atomic mass is 19.1. The summed E-state index contributed by atoms with van der Waals surface area (Å²) in [6, 6.07) is 23.1. The van der Waals surface area contributed by atoms with E-state index in [1.807, 2.05) is 59.5 Å². The van der Waals surface area contributed by atoms with Crippen LogP contribution in [0.2, 0.25) is 0 Å². The molecule has 3 atom stereocenters. The van der Waals surface area contributed by atoms with Crippen LogP contribution in [-0.2, 0) is 6.54 Å². The first-order valence-corrected chi connectivity index (χ1v) is 11.2. The summed E-state index contributed by atoms with van der Waals surface area (Å²) in [5, 5.41) is 0. The van der Waals surface area contributed by atoms with Crippen LogP contribution in [0.25, 0.3) is 0 Å².